The molecule has 0 unspecified atom stereocenters. The standard InChI is InChI=1S/C14H17FN2O/c1-17(2)12-7-5-6-11(15)13(12)14(16-10-18)8-3-4-9-14/h5-7H,3-4,8-9H2,1-2H3. The van der Waals surface area contributed by atoms with E-state index < -0.39 is 5.54 Å². The lowest BCUT2D eigenvalue weighted by Crippen LogP contribution is -2.25. The van der Waals surface area contributed by atoms with Crippen molar-refractivity contribution in [3.05, 3.63) is 29.6 Å². The SMILES string of the molecule is CN(C)c1cccc(F)c1C1(N=C=O)CCCC1. The van der Waals surface area contributed by atoms with Gasteiger partial charge in [-0.2, -0.15) is 4.99 Å². The normalized spacial score (nSPS) is 17.3. The highest BCUT2D eigenvalue weighted by atomic mass is 19.1. The molecule has 0 spiro atoms. The maximum absolute atomic E-state index is 14.2. The first-order valence-corrected chi connectivity index (χ1v) is 6.16. The lowest BCUT2D eigenvalue weighted by atomic mass is 9.87. The molecule has 0 heterocycles. The first-order chi connectivity index (χ1) is 8.60. The first-order valence-electron chi connectivity index (χ1n) is 6.16. The molecule has 1 aromatic rings. The van der Waals surface area contributed by atoms with Crippen LogP contribution in [0.25, 0.3) is 0 Å². The van der Waals surface area contributed by atoms with Crippen molar-refractivity contribution < 1.29 is 9.18 Å². The van der Waals surface area contributed by atoms with Gasteiger partial charge in [-0.3, -0.25) is 0 Å². The summed E-state index contributed by atoms with van der Waals surface area (Å²) in [5.74, 6) is -0.290. The smallest absolute Gasteiger partial charge is 0.235 e. The number of hydrogen-bond donors (Lipinski definition) is 0. The molecule has 18 heavy (non-hydrogen) atoms. The zero-order valence-electron chi connectivity index (χ0n) is 10.7. The van der Waals surface area contributed by atoms with Crippen LogP contribution < -0.4 is 4.90 Å². The lowest BCUT2D eigenvalue weighted by Gasteiger charge is -2.28. The van der Waals surface area contributed by atoms with Crippen LogP contribution in [0.15, 0.2) is 23.2 Å². The number of aliphatic imine (C=N–C) groups is 1. The molecule has 0 aromatic heterocycles. The van der Waals surface area contributed by atoms with Gasteiger partial charge < -0.3 is 4.90 Å². The Bertz CT molecular complexity index is 487. The van der Waals surface area contributed by atoms with Gasteiger partial charge in [0, 0.05) is 25.3 Å². The Morgan fingerprint density at radius 1 is 1.33 bits per heavy atom. The maximum atomic E-state index is 14.2. The number of nitrogens with zero attached hydrogens (tertiary/aromatic N) is 2. The predicted molar refractivity (Wildman–Crippen MR) is 69.0 cm³/mol. The van der Waals surface area contributed by atoms with E-state index in [2.05, 4.69) is 4.99 Å². The van der Waals surface area contributed by atoms with Crippen molar-refractivity contribution in [3.63, 3.8) is 0 Å². The van der Waals surface area contributed by atoms with Gasteiger partial charge in [-0.25, -0.2) is 9.18 Å². The third-order valence-electron chi connectivity index (χ3n) is 3.63. The third kappa shape index (κ3) is 2.04. The van der Waals surface area contributed by atoms with Gasteiger partial charge in [-0.15, -0.1) is 0 Å². The molecule has 0 radical (unpaired) electrons. The van der Waals surface area contributed by atoms with Crippen molar-refractivity contribution in [1.82, 2.24) is 0 Å². The highest BCUT2D eigenvalue weighted by Gasteiger charge is 2.40. The molecular weight excluding hydrogens is 231 g/mol. The highest BCUT2D eigenvalue weighted by Crippen LogP contribution is 2.46. The Kier molecular flexibility index (Phi) is 3.48. The summed E-state index contributed by atoms with van der Waals surface area (Å²) in [5, 5.41) is 0. The Morgan fingerprint density at radius 2 is 2.00 bits per heavy atom. The molecule has 0 bridgehead atoms. The molecule has 0 saturated heterocycles. The van der Waals surface area contributed by atoms with Gasteiger partial charge in [0.25, 0.3) is 0 Å². The summed E-state index contributed by atoms with van der Waals surface area (Å²) in [5.41, 5.74) is 0.610. The molecule has 0 amide bonds. The minimum atomic E-state index is -0.716. The molecule has 4 heteroatoms. The quantitative estimate of drug-likeness (QED) is 0.608. The largest absolute Gasteiger partial charge is 0.377 e. The first kappa shape index (κ1) is 12.8. The monoisotopic (exact) mass is 248 g/mol. The molecule has 0 N–H and O–H groups in total. The number of anilines is 1. The molecule has 0 atom stereocenters. The average Bonchev–Trinajstić information content (AvgIpc) is 2.78. The van der Waals surface area contributed by atoms with Gasteiger partial charge in [-0.05, 0) is 25.0 Å². The topological polar surface area (TPSA) is 32.7 Å². The van der Waals surface area contributed by atoms with Crippen LogP contribution in [0.4, 0.5) is 10.1 Å². The van der Waals surface area contributed by atoms with E-state index in [0.717, 1.165) is 18.5 Å². The van der Waals surface area contributed by atoms with Crippen LogP contribution in [0.2, 0.25) is 0 Å². The van der Waals surface area contributed by atoms with Gasteiger partial charge >= 0.3 is 0 Å². The maximum Gasteiger partial charge on any atom is 0.235 e. The molecule has 1 saturated carbocycles. The number of isocyanates is 1. The van der Waals surface area contributed by atoms with Gasteiger partial charge in [-0.1, -0.05) is 18.9 Å². The van der Waals surface area contributed by atoms with Crippen LogP contribution in [0.1, 0.15) is 31.2 Å². The van der Waals surface area contributed by atoms with Gasteiger partial charge in [0.15, 0.2) is 0 Å². The zero-order chi connectivity index (χ0) is 13.2. The van der Waals surface area contributed by atoms with E-state index in [0.29, 0.717) is 18.4 Å². The van der Waals surface area contributed by atoms with E-state index in [1.807, 2.05) is 25.1 Å². The molecule has 1 aromatic carbocycles. The Labute approximate surface area is 106 Å². The summed E-state index contributed by atoms with van der Waals surface area (Å²) in [6.45, 7) is 0. The van der Waals surface area contributed by atoms with Crippen LogP contribution in [-0.2, 0) is 10.3 Å². The molecule has 1 aliphatic rings. The number of hydrogen-bond acceptors (Lipinski definition) is 3. The van der Waals surface area contributed by atoms with E-state index in [4.69, 9.17) is 0 Å². The van der Waals surface area contributed by atoms with E-state index in [1.54, 1.807) is 12.1 Å². The second-order valence-electron chi connectivity index (χ2n) is 4.97. The lowest BCUT2D eigenvalue weighted by molar-refractivity contribution is 0.431. The van der Waals surface area contributed by atoms with Crippen molar-refractivity contribution in [1.29, 1.82) is 0 Å². The van der Waals surface area contributed by atoms with Crippen LogP contribution in [0.3, 0.4) is 0 Å². The van der Waals surface area contributed by atoms with Crippen molar-refractivity contribution in [2.45, 2.75) is 31.2 Å². The molecule has 1 aliphatic carbocycles. The zero-order valence-corrected chi connectivity index (χ0v) is 10.7. The van der Waals surface area contributed by atoms with Crippen molar-refractivity contribution >= 4 is 11.8 Å². The van der Waals surface area contributed by atoms with E-state index in [9.17, 15) is 9.18 Å². The van der Waals surface area contributed by atoms with Gasteiger partial charge in [0.2, 0.25) is 6.08 Å². The van der Waals surface area contributed by atoms with Crippen molar-refractivity contribution in [2.24, 2.45) is 4.99 Å². The summed E-state index contributed by atoms with van der Waals surface area (Å²) < 4.78 is 14.2. The number of carbonyl (C=O) groups excluding carboxylic acids is 1. The fourth-order valence-corrected chi connectivity index (χ4v) is 2.81. The summed E-state index contributed by atoms with van der Waals surface area (Å²) in [6.07, 6.45) is 4.99. The van der Waals surface area contributed by atoms with E-state index >= 15 is 0 Å². The minimum absolute atomic E-state index is 0.290. The Balaban J connectivity index is 2.64. The summed E-state index contributed by atoms with van der Waals surface area (Å²) in [7, 11) is 3.73. The number of halogens is 1. The molecule has 0 aliphatic heterocycles. The molecule has 3 nitrogen and oxygen atoms in total. The van der Waals surface area contributed by atoms with Gasteiger partial charge in [0.1, 0.15) is 11.4 Å². The van der Waals surface area contributed by atoms with Crippen LogP contribution in [-0.4, -0.2) is 20.2 Å². The molecule has 2 rings (SSSR count). The second-order valence-corrected chi connectivity index (χ2v) is 4.97. The molecular formula is C14H17FN2O. The average molecular weight is 248 g/mol. The van der Waals surface area contributed by atoms with Crippen molar-refractivity contribution in [3.8, 4) is 0 Å². The van der Waals surface area contributed by atoms with Crippen molar-refractivity contribution in [2.75, 3.05) is 19.0 Å². The van der Waals surface area contributed by atoms with E-state index in [1.165, 1.54) is 6.07 Å². The Hall–Kier alpha value is -1.67. The minimum Gasteiger partial charge on any atom is -0.377 e. The van der Waals surface area contributed by atoms with E-state index in [-0.39, 0.29) is 5.82 Å². The number of benzene rings is 1. The molecule has 96 valence electrons. The fraction of sp³-hybridized carbons (Fsp3) is 0.500. The number of rotatable bonds is 3. The summed E-state index contributed by atoms with van der Waals surface area (Å²) in [6, 6.07) is 4.98. The van der Waals surface area contributed by atoms with Crippen LogP contribution in [0, 0.1) is 5.82 Å². The van der Waals surface area contributed by atoms with Crippen LogP contribution in [0.5, 0.6) is 0 Å². The second kappa shape index (κ2) is 4.91. The highest BCUT2D eigenvalue weighted by molar-refractivity contribution is 5.57. The molecule has 1 fully saturated rings. The third-order valence-corrected chi connectivity index (χ3v) is 3.63. The van der Waals surface area contributed by atoms with Crippen LogP contribution >= 0.6 is 0 Å². The fourth-order valence-electron chi connectivity index (χ4n) is 2.81. The summed E-state index contributed by atoms with van der Waals surface area (Å²) >= 11 is 0. The summed E-state index contributed by atoms with van der Waals surface area (Å²) in [4.78, 5) is 16.5. The van der Waals surface area contributed by atoms with Gasteiger partial charge in [0.05, 0.1) is 0 Å². The predicted octanol–water partition coefficient (Wildman–Crippen LogP) is 3.00. The Morgan fingerprint density at radius 3 is 2.56 bits per heavy atom.